The molecule has 0 atom stereocenters. The van der Waals surface area contributed by atoms with E-state index in [1.165, 1.54) is 12.6 Å². The predicted molar refractivity (Wildman–Crippen MR) is 67.2 cm³/mol. The van der Waals surface area contributed by atoms with Crippen molar-refractivity contribution in [1.29, 1.82) is 0 Å². The zero-order valence-electron chi connectivity index (χ0n) is 9.80. The quantitative estimate of drug-likeness (QED) is 0.887. The van der Waals surface area contributed by atoms with Crippen LogP contribution in [-0.2, 0) is 11.3 Å². The zero-order valence-corrected chi connectivity index (χ0v) is 10.6. The van der Waals surface area contributed by atoms with Crippen molar-refractivity contribution in [1.82, 2.24) is 9.78 Å². The van der Waals surface area contributed by atoms with Crippen LogP contribution in [0.1, 0.15) is 19.3 Å². The number of piperidine rings is 1. The fourth-order valence-corrected chi connectivity index (χ4v) is 2.32. The van der Waals surface area contributed by atoms with Crippen molar-refractivity contribution in [3.8, 4) is 0 Å². The average molecular weight is 272 g/mol. The molecule has 0 aliphatic carbocycles. The monoisotopic (exact) mass is 271 g/mol. The number of nitrogens with zero attached hydrogens (tertiary/aromatic N) is 3. The van der Waals surface area contributed by atoms with E-state index in [1.807, 2.05) is 4.90 Å². The minimum absolute atomic E-state index is 0.0492. The van der Waals surface area contributed by atoms with E-state index in [-0.39, 0.29) is 5.02 Å². The first-order valence-electron chi connectivity index (χ1n) is 5.82. The van der Waals surface area contributed by atoms with Gasteiger partial charge in [0.05, 0.1) is 11.9 Å². The molecule has 0 aromatic carbocycles. The molecule has 0 radical (unpaired) electrons. The highest BCUT2D eigenvalue weighted by atomic mass is 35.5. The lowest BCUT2D eigenvalue weighted by molar-refractivity contribution is -0.138. The van der Waals surface area contributed by atoms with Gasteiger partial charge in [-0.05, 0) is 19.3 Å². The third kappa shape index (κ3) is 2.64. The molecule has 0 bridgehead atoms. The van der Waals surface area contributed by atoms with E-state index in [4.69, 9.17) is 16.7 Å². The minimum Gasteiger partial charge on any atom is -0.480 e. The van der Waals surface area contributed by atoms with Gasteiger partial charge in [0.25, 0.3) is 5.56 Å². The topological polar surface area (TPSA) is 75.4 Å². The second kappa shape index (κ2) is 5.39. The van der Waals surface area contributed by atoms with Gasteiger partial charge in [-0.15, -0.1) is 0 Å². The normalized spacial score (nSPS) is 15.7. The van der Waals surface area contributed by atoms with Gasteiger partial charge >= 0.3 is 5.97 Å². The largest absolute Gasteiger partial charge is 0.480 e. The van der Waals surface area contributed by atoms with Crippen molar-refractivity contribution < 1.29 is 9.90 Å². The molecule has 1 N–H and O–H groups in total. The average Bonchev–Trinajstić information content (AvgIpc) is 2.36. The van der Waals surface area contributed by atoms with Crippen LogP contribution in [0.2, 0.25) is 5.02 Å². The van der Waals surface area contributed by atoms with Gasteiger partial charge < -0.3 is 10.0 Å². The van der Waals surface area contributed by atoms with Crippen LogP contribution < -0.4 is 10.5 Å². The number of anilines is 1. The first-order valence-corrected chi connectivity index (χ1v) is 6.20. The molecule has 6 nitrogen and oxygen atoms in total. The number of aliphatic carboxylic acids is 1. The number of carboxylic acids is 1. The van der Waals surface area contributed by atoms with Crippen molar-refractivity contribution in [3.05, 3.63) is 21.6 Å². The molecule has 0 saturated carbocycles. The van der Waals surface area contributed by atoms with Crippen molar-refractivity contribution >= 4 is 23.3 Å². The summed E-state index contributed by atoms with van der Waals surface area (Å²) in [6.07, 6.45) is 4.78. The van der Waals surface area contributed by atoms with Gasteiger partial charge in [-0.3, -0.25) is 9.59 Å². The summed E-state index contributed by atoms with van der Waals surface area (Å²) >= 11 is 6.01. The fourth-order valence-electron chi connectivity index (χ4n) is 2.05. The Bertz CT molecular complexity index is 509. The molecule has 2 rings (SSSR count). The van der Waals surface area contributed by atoms with E-state index in [1.54, 1.807) is 0 Å². The Morgan fingerprint density at radius 3 is 2.67 bits per heavy atom. The molecular formula is C11H14ClN3O3. The highest BCUT2D eigenvalue weighted by Gasteiger charge is 2.18. The number of rotatable bonds is 3. The maximum Gasteiger partial charge on any atom is 0.325 e. The van der Waals surface area contributed by atoms with Gasteiger partial charge in [0.15, 0.2) is 0 Å². The standard InChI is InChI=1S/C11H14ClN3O3/c12-10-8(14-4-2-1-3-5-14)6-13-15(11(10)18)7-9(16)17/h6H,1-5,7H2,(H,16,17). The number of carboxylic acid groups (broad SMARTS) is 1. The minimum atomic E-state index is -1.12. The van der Waals surface area contributed by atoms with Gasteiger partial charge in [0.1, 0.15) is 11.6 Å². The Balaban J connectivity index is 2.30. The third-order valence-electron chi connectivity index (χ3n) is 2.95. The molecule has 0 unspecified atom stereocenters. The second-order valence-corrected chi connectivity index (χ2v) is 4.63. The van der Waals surface area contributed by atoms with Gasteiger partial charge in [0.2, 0.25) is 0 Å². The first kappa shape index (κ1) is 12.9. The molecule has 1 aromatic rings. The molecule has 1 fully saturated rings. The van der Waals surface area contributed by atoms with E-state index in [0.29, 0.717) is 5.69 Å². The molecule has 2 heterocycles. The van der Waals surface area contributed by atoms with Gasteiger partial charge in [-0.1, -0.05) is 11.6 Å². The lowest BCUT2D eigenvalue weighted by Gasteiger charge is -2.28. The SMILES string of the molecule is O=C(O)Cn1ncc(N2CCCCC2)c(Cl)c1=O. The molecular weight excluding hydrogens is 258 g/mol. The molecule has 1 aliphatic heterocycles. The van der Waals surface area contributed by atoms with Crippen LogP contribution >= 0.6 is 11.6 Å². The molecule has 0 spiro atoms. The van der Waals surface area contributed by atoms with Crippen molar-refractivity contribution in [2.75, 3.05) is 18.0 Å². The number of aromatic nitrogens is 2. The molecule has 7 heteroatoms. The maximum absolute atomic E-state index is 11.8. The molecule has 18 heavy (non-hydrogen) atoms. The Kier molecular flexibility index (Phi) is 3.86. The van der Waals surface area contributed by atoms with Crippen LogP contribution in [-0.4, -0.2) is 33.9 Å². The number of carbonyl (C=O) groups is 1. The highest BCUT2D eigenvalue weighted by Crippen LogP contribution is 2.24. The lowest BCUT2D eigenvalue weighted by Crippen LogP contribution is -2.33. The van der Waals surface area contributed by atoms with E-state index in [0.717, 1.165) is 30.6 Å². The number of halogens is 1. The van der Waals surface area contributed by atoms with Gasteiger partial charge in [-0.2, -0.15) is 5.10 Å². The Labute approximate surface area is 109 Å². The van der Waals surface area contributed by atoms with Crippen LogP contribution in [0.5, 0.6) is 0 Å². The maximum atomic E-state index is 11.8. The van der Waals surface area contributed by atoms with Gasteiger partial charge in [-0.25, -0.2) is 4.68 Å². The summed E-state index contributed by atoms with van der Waals surface area (Å²) in [6, 6.07) is 0. The van der Waals surface area contributed by atoms with Crippen molar-refractivity contribution in [2.24, 2.45) is 0 Å². The summed E-state index contributed by atoms with van der Waals surface area (Å²) in [5.41, 5.74) is 0.0464. The Hall–Kier alpha value is -1.56. The van der Waals surface area contributed by atoms with E-state index < -0.39 is 18.1 Å². The van der Waals surface area contributed by atoms with Crippen LogP contribution in [0.15, 0.2) is 11.0 Å². The molecule has 1 aliphatic rings. The molecule has 1 aromatic heterocycles. The fraction of sp³-hybridized carbons (Fsp3) is 0.545. The zero-order chi connectivity index (χ0) is 13.1. The predicted octanol–water partition coefficient (Wildman–Crippen LogP) is 0.972. The summed E-state index contributed by atoms with van der Waals surface area (Å²) < 4.78 is 0.859. The van der Waals surface area contributed by atoms with Crippen molar-refractivity contribution in [3.63, 3.8) is 0 Å². The lowest BCUT2D eigenvalue weighted by atomic mass is 10.1. The van der Waals surface area contributed by atoms with Crippen LogP contribution in [0.25, 0.3) is 0 Å². The van der Waals surface area contributed by atoms with Crippen molar-refractivity contribution in [2.45, 2.75) is 25.8 Å². The van der Waals surface area contributed by atoms with E-state index in [9.17, 15) is 9.59 Å². The smallest absolute Gasteiger partial charge is 0.325 e. The summed E-state index contributed by atoms with van der Waals surface area (Å²) in [5, 5.41) is 12.5. The van der Waals surface area contributed by atoms with E-state index >= 15 is 0 Å². The number of hydrogen-bond acceptors (Lipinski definition) is 4. The van der Waals surface area contributed by atoms with Crippen LogP contribution in [0, 0.1) is 0 Å². The summed E-state index contributed by atoms with van der Waals surface area (Å²) in [5.74, 6) is -1.12. The summed E-state index contributed by atoms with van der Waals surface area (Å²) in [4.78, 5) is 24.4. The first-order chi connectivity index (χ1) is 8.59. The van der Waals surface area contributed by atoms with Crippen LogP contribution in [0.4, 0.5) is 5.69 Å². The van der Waals surface area contributed by atoms with E-state index in [2.05, 4.69) is 5.10 Å². The summed E-state index contributed by atoms with van der Waals surface area (Å²) in [6.45, 7) is 1.23. The van der Waals surface area contributed by atoms with Crippen LogP contribution in [0.3, 0.4) is 0 Å². The summed E-state index contributed by atoms with van der Waals surface area (Å²) in [7, 11) is 0. The number of hydrogen-bond donors (Lipinski definition) is 1. The second-order valence-electron chi connectivity index (χ2n) is 4.25. The Morgan fingerprint density at radius 2 is 2.06 bits per heavy atom. The van der Waals surface area contributed by atoms with Gasteiger partial charge in [0, 0.05) is 13.1 Å². The molecule has 1 saturated heterocycles. The molecule has 98 valence electrons. The third-order valence-corrected chi connectivity index (χ3v) is 3.30. The highest BCUT2D eigenvalue weighted by molar-refractivity contribution is 6.33. The Morgan fingerprint density at radius 1 is 1.39 bits per heavy atom. The molecule has 0 amide bonds.